The molecule has 0 fully saturated rings. The normalized spacial score (nSPS) is 10.4. The zero-order valence-corrected chi connectivity index (χ0v) is 15.2. The van der Waals surface area contributed by atoms with Crippen LogP contribution in [0.5, 0.6) is 11.5 Å². The second-order valence-corrected chi connectivity index (χ2v) is 6.11. The first kappa shape index (κ1) is 18.9. The number of carbonyl (C=O) groups is 1. The number of nitrogen functional groups attached to an aromatic ring is 1. The van der Waals surface area contributed by atoms with Gasteiger partial charge in [0.15, 0.2) is 0 Å². The SMILES string of the molecule is COc1cc(N)c(Cl)cc1C(=O)NCCCCOc1ccc(C)cc1. The molecule has 0 radical (unpaired) electrons. The number of methoxy groups -OCH3 is 1. The van der Waals surface area contributed by atoms with E-state index in [-0.39, 0.29) is 5.91 Å². The molecule has 0 unspecified atom stereocenters. The third kappa shape index (κ3) is 5.57. The maximum absolute atomic E-state index is 12.3. The van der Waals surface area contributed by atoms with Crippen LogP contribution < -0.4 is 20.5 Å². The highest BCUT2D eigenvalue weighted by molar-refractivity contribution is 6.33. The Morgan fingerprint density at radius 3 is 2.60 bits per heavy atom. The molecule has 0 atom stereocenters. The predicted molar refractivity (Wildman–Crippen MR) is 101 cm³/mol. The Morgan fingerprint density at radius 1 is 1.20 bits per heavy atom. The second kappa shape index (κ2) is 9.18. The molecule has 6 heteroatoms. The van der Waals surface area contributed by atoms with Crippen molar-refractivity contribution in [3.63, 3.8) is 0 Å². The van der Waals surface area contributed by atoms with Crippen LogP contribution in [0.4, 0.5) is 5.69 Å². The van der Waals surface area contributed by atoms with Gasteiger partial charge in [-0.15, -0.1) is 0 Å². The number of benzene rings is 2. The molecule has 0 aliphatic carbocycles. The van der Waals surface area contributed by atoms with E-state index in [4.69, 9.17) is 26.8 Å². The standard InChI is InChI=1S/C19H23ClN2O3/c1-13-5-7-14(8-6-13)25-10-4-3-9-22-19(23)15-11-16(20)17(21)12-18(15)24-2/h5-8,11-12H,3-4,9-10,21H2,1-2H3,(H,22,23). The maximum Gasteiger partial charge on any atom is 0.255 e. The van der Waals surface area contributed by atoms with Gasteiger partial charge in [0.05, 0.1) is 30.0 Å². The minimum absolute atomic E-state index is 0.238. The first-order valence-corrected chi connectivity index (χ1v) is 8.49. The fourth-order valence-corrected chi connectivity index (χ4v) is 2.43. The fourth-order valence-electron chi connectivity index (χ4n) is 2.26. The quantitative estimate of drug-likeness (QED) is 0.553. The average Bonchev–Trinajstić information content (AvgIpc) is 2.61. The number of hydrogen-bond acceptors (Lipinski definition) is 4. The van der Waals surface area contributed by atoms with Gasteiger partial charge in [0.25, 0.3) is 5.91 Å². The topological polar surface area (TPSA) is 73.6 Å². The zero-order chi connectivity index (χ0) is 18.2. The summed E-state index contributed by atoms with van der Waals surface area (Å²) in [6.45, 7) is 3.19. The van der Waals surface area contributed by atoms with Crippen molar-refractivity contribution in [2.45, 2.75) is 19.8 Å². The minimum atomic E-state index is -0.238. The van der Waals surface area contributed by atoms with Gasteiger partial charge in [0.1, 0.15) is 11.5 Å². The molecule has 5 nitrogen and oxygen atoms in total. The van der Waals surface area contributed by atoms with Crippen LogP contribution >= 0.6 is 11.6 Å². The van der Waals surface area contributed by atoms with Crippen LogP contribution in [0, 0.1) is 6.92 Å². The van der Waals surface area contributed by atoms with Crippen LogP contribution in [0.2, 0.25) is 5.02 Å². The lowest BCUT2D eigenvalue weighted by Crippen LogP contribution is -2.25. The van der Waals surface area contributed by atoms with E-state index in [9.17, 15) is 4.79 Å². The summed E-state index contributed by atoms with van der Waals surface area (Å²) in [6.07, 6.45) is 1.65. The number of unbranched alkanes of at least 4 members (excludes halogenated alkanes) is 1. The summed E-state index contributed by atoms with van der Waals surface area (Å²) in [5, 5.41) is 3.18. The van der Waals surface area contributed by atoms with Gasteiger partial charge in [0, 0.05) is 12.6 Å². The third-order valence-corrected chi connectivity index (χ3v) is 4.04. The Balaban J connectivity index is 1.73. The van der Waals surface area contributed by atoms with Gasteiger partial charge >= 0.3 is 0 Å². The van der Waals surface area contributed by atoms with Crippen molar-refractivity contribution < 1.29 is 14.3 Å². The number of amides is 1. The number of halogens is 1. The second-order valence-electron chi connectivity index (χ2n) is 5.70. The van der Waals surface area contributed by atoms with Crippen molar-refractivity contribution in [1.29, 1.82) is 0 Å². The number of nitrogens with two attached hydrogens (primary N) is 1. The van der Waals surface area contributed by atoms with Crippen LogP contribution in [-0.4, -0.2) is 26.2 Å². The number of nitrogens with one attached hydrogen (secondary N) is 1. The number of rotatable bonds is 8. The Kier molecular flexibility index (Phi) is 6.95. The molecule has 0 spiro atoms. The molecule has 25 heavy (non-hydrogen) atoms. The number of carbonyl (C=O) groups excluding carboxylic acids is 1. The largest absolute Gasteiger partial charge is 0.496 e. The minimum Gasteiger partial charge on any atom is -0.496 e. The van der Waals surface area contributed by atoms with Gasteiger partial charge in [-0.05, 0) is 38.0 Å². The van der Waals surface area contributed by atoms with E-state index in [0.717, 1.165) is 18.6 Å². The Labute approximate surface area is 153 Å². The first-order chi connectivity index (χ1) is 12.0. The smallest absolute Gasteiger partial charge is 0.255 e. The van der Waals surface area contributed by atoms with Gasteiger partial charge in [-0.2, -0.15) is 0 Å². The summed E-state index contributed by atoms with van der Waals surface area (Å²) in [7, 11) is 1.49. The molecular formula is C19H23ClN2O3. The van der Waals surface area contributed by atoms with E-state index in [1.165, 1.54) is 18.7 Å². The highest BCUT2D eigenvalue weighted by Crippen LogP contribution is 2.28. The van der Waals surface area contributed by atoms with Gasteiger partial charge in [-0.3, -0.25) is 4.79 Å². The molecule has 2 rings (SSSR count). The molecule has 0 saturated carbocycles. The van der Waals surface area contributed by atoms with Gasteiger partial charge < -0.3 is 20.5 Å². The van der Waals surface area contributed by atoms with Crippen molar-refractivity contribution in [1.82, 2.24) is 5.32 Å². The zero-order valence-electron chi connectivity index (χ0n) is 14.5. The van der Waals surface area contributed by atoms with Gasteiger partial charge in [-0.1, -0.05) is 29.3 Å². The summed E-state index contributed by atoms with van der Waals surface area (Å²) in [6, 6.07) is 11.0. The lowest BCUT2D eigenvalue weighted by atomic mass is 10.1. The molecule has 0 aliphatic rings. The van der Waals surface area contributed by atoms with E-state index in [2.05, 4.69) is 5.32 Å². The summed E-state index contributed by atoms with van der Waals surface area (Å²) in [4.78, 5) is 12.3. The molecule has 3 N–H and O–H groups in total. The average molecular weight is 363 g/mol. The number of anilines is 1. The molecule has 0 aromatic heterocycles. The van der Waals surface area contributed by atoms with E-state index in [0.29, 0.717) is 35.2 Å². The Morgan fingerprint density at radius 2 is 1.92 bits per heavy atom. The Hall–Kier alpha value is -2.40. The number of ether oxygens (including phenoxy) is 2. The van der Waals surface area contributed by atoms with Gasteiger partial charge in [-0.25, -0.2) is 0 Å². The lowest BCUT2D eigenvalue weighted by molar-refractivity contribution is 0.0949. The molecule has 0 heterocycles. The van der Waals surface area contributed by atoms with Crippen LogP contribution in [0.1, 0.15) is 28.8 Å². The highest BCUT2D eigenvalue weighted by atomic mass is 35.5. The van der Waals surface area contributed by atoms with E-state index >= 15 is 0 Å². The lowest BCUT2D eigenvalue weighted by Gasteiger charge is -2.11. The van der Waals surface area contributed by atoms with Crippen LogP contribution in [-0.2, 0) is 0 Å². The monoisotopic (exact) mass is 362 g/mol. The predicted octanol–water partition coefficient (Wildman–Crippen LogP) is 3.83. The summed E-state index contributed by atoms with van der Waals surface area (Å²) < 4.78 is 10.8. The summed E-state index contributed by atoms with van der Waals surface area (Å²) >= 11 is 5.98. The molecule has 0 aliphatic heterocycles. The molecular weight excluding hydrogens is 340 g/mol. The summed E-state index contributed by atoms with van der Waals surface area (Å²) in [5.41, 5.74) is 7.67. The van der Waals surface area contributed by atoms with Crippen molar-refractivity contribution in [3.8, 4) is 11.5 Å². The summed E-state index contributed by atoms with van der Waals surface area (Å²) in [5.74, 6) is 1.02. The van der Waals surface area contributed by atoms with E-state index in [1.54, 1.807) is 6.07 Å². The van der Waals surface area contributed by atoms with Gasteiger partial charge in [0.2, 0.25) is 0 Å². The van der Waals surface area contributed by atoms with Crippen LogP contribution in [0.25, 0.3) is 0 Å². The van der Waals surface area contributed by atoms with E-state index in [1.807, 2.05) is 31.2 Å². The van der Waals surface area contributed by atoms with E-state index < -0.39 is 0 Å². The van der Waals surface area contributed by atoms with Crippen molar-refractivity contribution in [3.05, 3.63) is 52.5 Å². The molecule has 2 aromatic carbocycles. The fraction of sp³-hybridized carbons (Fsp3) is 0.316. The molecule has 0 saturated heterocycles. The third-order valence-electron chi connectivity index (χ3n) is 3.71. The highest BCUT2D eigenvalue weighted by Gasteiger charge is 2.14. The van der Waals surface area contributed by atoms with Crippen LogP contribution in [0.15, 0.2) is 36.4 Å². The molecule has 2 aromatic rings. The molecule has 134 valence electrons. The maximum atomic E-state index is 12.3. The number of hydrogen-bond donors (Lipinski definition) is 2. The molecule has 0 bridgehead atoms. The number of aryl methyl sites for hydroxylation is 1. The van der Waals surface area contributed by atoms with Crippen LogP contribution in [0.3, 0.4) is 0 Å². The van der Waals surface area contributed by atoms with Crippen molar-refractivity contribution in [2.24, 2.45) is 0 Å². The Bertz CT molecular complexity index is 717. The van der Waals surface area contributed by atoms with Crippen molar-refractivity contribution in [2.75, 3.05) is 26.0 Å². The first-order valence-electron chi connectivity index (χ1n) is 8.12. The van der Waals surface area contributed by atoms with Crippen molar-refractivity contribution >= 4 is 23.2 Å². The molecule has 1 amide bonds.